The molecule has 0 bridgehead atoms. The molecular weight excluding hydrogens is 242 g/mol. The molecule has 0 aromatic carbocycles. The summed E-state index contributed by atoms with van der Waals surface area (Å²) in [6.45, 7) is 5.83. The Bertz CT molecular complexity index is 435. The van der Waals surface area contributed by atoms with Gasteiger partial charge in [0.2, 0.25) is 0 Å². The van der Waals surface area contributed by atoms with Crippen molar-refractivity contribution in [1.29, 1.82) is 0 Å². The van der Waals surface area contributed by atoms with Crippen LogP contribution in [0.15, 0.2) is 5.16 Å². The van der Waals surface area contributed by atoms with E-state index in [4.69, 9.17) is 10.9 Å². The molecule has 1 aromatic heterocycles. The molecule has 0 saturated carbocycles. The SMILES string of the molecule is CC(C)(C)c1nnsc1C(=O)NCC(N)=NO. The molecule has 1 aromatic rings. The number of aromatic nitrogens is 2. The van der Waals surface area contributed by atoms with Gasteiger partial charge in [0.15, 0.2) is 5.84 Å². The summed E-state index contributed by atoms with van der Waals surface area (Å²) in [5.41, 5.74) is 5.64. The number of nitrogens with one attached hydrogen (secondary N) is 1. The number of hydrogen-bond donors (Lipinski definition) is 3. The van der Waals surface area contributed by atoms with Gasteiger partial charge >= 0.3 is 0 Å². The average molecular weight is 257 g/mol. The third-order valence-corrected chi connectivity index (χ3v) is 2.69. The van der Waals surface area contributed by atoms with Crippen LogP contribution in [-0.2, 0) is 5.41 Å². The molecule has 0 atom stereocenters. The van der Waals surface area contributed by atoms with Gasteiger partial charge in [-0.25, -0.2) is 0 Å². The van der Waals surface area contributed by atoms with Gasteiger partial charge in [0.1, 0.15) is 4.88 Å². The van der Waals surface area contributed by atoms with Crippen LogP contribution in [0.4, 0.5) is 0 Å². The van der Waals surface area contributed by atoms with E-state index in [9.17, 15) is 4.79 Å². The summed E-state index contributed by atoms with van der Waals surface area (Å²) in [5, 5.41) is 17.6. The Morgan fingerprint density at radius 1 is 1.59 bits per heavy atom. The van der Waals surface area contributed by atoms with Crippen LogP contribution in [0.5, 0.6) is 0 Å². The summed E-state index contributed by atoms with van der Waals surface area (Å²) in [6, 6.07) is 0. The van der Waals surface area contributed by atoms with Gasteiger partial charge < -0.3 is 16.3 Å². The summed E-state index contributed by atoms with van der Waals surface area (Å²) in [6.07, 6.45) is 0. The Hall–Kier alpha value is -1.70. The molecule has 7 nitrogen and oxygen atoms in total. The van der Waals surface area contributed by atoms with Crippen molar-refractivity contribution in [2.45, 2.75) is 26.2 Å². The standard InChI is InChI=1S/C9H15N5O2S/c1-9(2,3)7-6(17-14-12-7)8(15)11-4-5(10)13-16/h16H,4H2,1-3H3,(H2,10,13)(H,11,15). The van der Waals surface area contributed by atoms with Crippen LogP contribution in [0, 0.1) is 0 Å². The zero-order valence-corrected chi connectivity index (χ0v) is 10.7. The first kappa shape index (κ1) is 13.4. The molecule has 1 amide bonds. The summed E-state index contributed by atoms with van der Waals surface area (Å²) >= 11 is 1.03. The minimum Gasteiger partial charge on any atom is -0.409 e. The summed E-state index contributed by atoms with van der Waals surface area (Å²) < 4.78 is 3.78. The van der Waals surface area contributed by atoms with Crippen LogP contribution >= 0.6 is 11.5 Å². The fourth-order valence-corrected chi connectivity index (χ4v) is 1.91. The largest absolute Gasteiger partial charge is 0.409 e. The lowest BCUT2D eigenvalue weighted by Crippen LogP contribution is -2.34. The third kappa shape index (κ3) is 3.38. The number of nitrogens with zero attached hydrogens (tertiary/aromatic N) is 3. The van der Waals surface area contributed by atoms with E-state index in [-0.39, 0.29) is 23.7 Å². The van der Waals surface area contributed by atoms with E-state index in [1.165, 1.54) is 0 Å². The zero-order chi connectivity index (χ0) is 13.1. The van der Waals surface area contributed by atoms with E-state index in [1.807, 2.05) is 20.8 Å². The lowest BCUT2D eigenvalue weighted by molar-refractivity contribution is 0.0960. The molecule has 0 aliphatic rings. The van der Waals surface area contributed by atoms with Gasteiger partial charge in [-0.15, -0.1) is 5.10 Å². The number of amides is 1. The van der Waals surface area contributed by atoms with Gasteiger partial charge in [0, 0.05) is 5.41 Å². The Balaban J connectivity index is 2.80. The van der Waals surface area contributed by atoms with Crippen LogP contribution < -0.4 is 11.1 Å². The summed E-state index contributed by atoms with van der Waals surface area (Å²) in [4.78, 5) is 12.3. The van der Waals surface area contributed by atoms with Gasteiger partial charge in [0.05, 0.1) is 12.2 Å². The normalized spacial score (nSPS) is 12.5. The first-order chi connectivity index (χ1) is 7.86. The van der Waals surface area contributed by atoms with Crippen molar-refractivity contribution in [2.24, 2.45) is 10.9 Å². The highest BCUT2D eigenvalue weighted by Gasteiger charge is 2.26. The summed E-state index contributed by atoms with van der Waals surface area (Å²) in [7, 11) is 0. The van der Waals surface area contributed by atoms with E-state index in [0.29, 0.717) is 10.6 Å². The van der Waals surface area contributed by atoms with Gasteiger partial charge in [-0.3, -0.25) is 4.79 Å². The van der Waals surface area contributed by atoms with E-state index in [2.05, 4.69) is 20.1 Å². The van der Waals surface area contributed by atoms with Crippen molar-refractivity contribution in [3.63, 3.8) is 0 Å². The Labute approximate surface area is 103 Å². The molecule has 4 N–H and O–H groups in total. The second kappa shape index (κ2) is 5.09. The maximum atomic E-state index is 11.8. The molecule has 0 aliphatic heterocycles. The van der Waals surface area contributed by atoms with Crippen molar-refractivity contribution in [2.75, 3.05) is 6.54 Å². The molecule has 94 valence electrons. The molecule has 0 radical (unpaired) electrons. The van der Waals surface area contributed by atoms with Crippen LogP contribution in [0.3, 0.4) is 0 Å². The fraction of sp³-hybridized carbons (Fsp3) is 0.556. The maximum Gasteiger partial charge on any atom is 0.265 e. The van der Waals surface area contributed by atoms with Crippen LogP contribution in [0.2, 0.25) is 0 Å². The number of carbonyl (C=O) groups excluding carboxylic acids is 1. The van der Waals surface area contributed by atoms with Crippen molar-refractivity contribution in [3.8, 4) is 0 Å². The number of nitrogens with two attached hydrogens (primary N) is 1. The molecular formula is C9H15N5O2S. The molecule has 17 heavy (non-hydrogen) atoms. The van der Waals surface area contributed by atoms with Crippen molar-refractivity contribution in [3.05, 3.63) is 10.6 Å². The second-order valence-electron chi connectivity index (χ2n) is 4.47. The first-order valence-corrected chi connectivity index (χ1v) is 5.71. The van der Waals surface area contributed by atoms with E-state index in [1.54, 1.807) is 0 Å². The van der Waals surface area contributed by atoms with E-state index in [0.717, 1.165) is 11.5 Å². The first-order valence-electron chi connectivity index (χ1n) is 4.93. The molecule has 0 fully saturated rings. The van der Waals surface area contributed by atoms with Crippen molar-refractivity contribution in [1.82, 2.24) is 14.9 Å². The lowest BCUT2D eigenvalue weighted by atomic mass is 9.91. The summed E-state index contributed by atoms with van der Waals surface area (Å²) in [5.74, 6) is -0.385. The third-order valence-electron chi connectivity index (χ3n) is 1.96. The van der Waals surface area contributed by atoms with E-state index >= 15 is 0 Å². The Morgan fingerprint density at radius 3 is 2.76 bits per heavy atom. The molecule has 1 rings (SSSR count). The highest BCUT2D eigenvalue weighted by molar-refractivity contribution is 7.08. The Morgan fingerprint density at radius 2 is 2.24 bits per heavy atom. The van der Waals surface area contributed by atoms with Crippen molar-refractivity contribution >= 4 is 23.3 Å². The highest BCUT2D eigenvalue weighted by Crippen LogP contribution is 2.25. The number of oxime groups is 1. The Kier molecular flexibility index (Phi) is 4.00. The highest BCUT2D eigenvalue weighted by atomic mass is 32.1. The molecule has 8 heteroatoms. The van der Waals surface area contributed by atoms with Gasteiger partial charge in [-0.05, 0) is 11.5 Å². The zero-order valence-electron chi connectivity index (χ0n) is 9.89. The number of hydrogen-bond acceptors (Lipinski definition) is 6. The van der Waals surface area contributed by atoms with Crippen LogP contribution in [0.25, 0.3) is 0 Å². The predicted octanol–water partition coefficient (Wildman–Crippen LogP) is 0.312. The minimum absolute atomic E-state index is 0.0170. The van der Waals surface area contributed by atoms with Gasteiger partial charge in [-0.2, -0.15) is 0 Å². The second-order valence-corrected chi connectivity index (χ2v) is 5.23. The number of amidine groups is 1. The van der Waals surface area contributed by atoms with Gasteiger partial charge in [-0.1, -0.05) is 30.4 Å². The maximum absolute atomic E-state index is 11.8. The lowest BCUT2D eigenvalue weighted by Gasteiger charge is -2.15. The molecule has 0 spiro atoms. The van der Waals surface area contributed by atoms with Crippen LogP contribution in [-0.4, -0.2) is 33.1 Å². The van der Waals surface area contributed by atoms with Gasteiger partial charge in [0.25, 0.3) is 5.91 Å². The molecule has 0 aliphatic carbocycles. The fourth-order valence-electron chi connectivity index (χ4n) is 1.12. The minimum atomic E-state index is -0.323. The molecule has 0 saturated heterocycles. The van der Waals surface area contributed by atoms with Crippen LogP contribution in [0.1, 0.15) is 36.1 Å². The number of rotatable bonds is 3. The molecule has 1 heterocycles. The number of carbonyl (C=O) groups is 1. The smallest absolute Gasteiger partial charge is 0.265 e. The topological polar surface area (TPSA) is 113 Å². The molecule has 0 unspecified atom stereocenters. The average Bonchev–Trinajstić information content (AvgIpc) is 2.73. The quantitative estimate of drug-likeness (QED) is 0.312. The van der Waals surface area contributed by atoms with E-state index < -0.39 is 0 Å². The van der Waals surface area contributed by atoms with Crippen molar-refractivity contribution < 1.29 is 10.0 Å². The monoisotopic (exact) mass is 257 g/mol. The predicted molar refractivity (Wildman–Crippen MR) is 64.4 cm³/mol.